The average Bonchev–Trinajstić information content (AvgIpc) is 3.38. The maximum atomic E-state index is 13.2. The van der Waals surface area contributed by atoms with Gasteiger partial charge in [-0.3, -0.25) is 19.8 Å². The predicted molar refractivity (Wildman–Crippen MR) is 118 cm³/mol. The molecule has 4 aromatic rings. The number of hydrogen-bond acceptors (Lipinski definition) is 6. The first-order valence-corrected chi connectivity index (χ1v) is 10.4. The van der Waals surface area contributed by atoms with Crippen LogP contribution < -0.4 is 4.90 Å². The van der Waals surface area contributed by atoms with Gasteiger partial charge in [-0.2, -0.15) is 0 Å². The Labute approximate surface area is 174 Å². The number of nitro benzene ring substituents is 1. The summed E-state index contributed by atoms with van der Waals surface area (Å²) >= 11 is 2.70. The van der Waals surface area contributed by atoms with Gasteiger partial charge < -0.3 is 0 Å². The molecule has 2 heterocycles. The van der Waals surface area contributed by atoms with Gasteiger partial charge in [0.2, 0.25) is 0 Å². The fourth-order valence-electron chi connectivity index (χ4n) is 2.89. The molecule has 0 aliphatic heterocycles. The minimum Gasteiger partial charge on any atom is -0.279 e. The minimum absolute atomic E-state index is 0.00433. The molecule has 0 aliphatic rings. The largest absolute Gasteiger partial charge is 0.279 e. The van der Waals surface area contributed by atoms with Crippen LogP contribution in [0.15, 0.2) is 72.6 Å². The van der Waals surface area contributed by atoms with Gasteiger partial charge >= 0.3 is 0 Å². The Bertz CT molecular complexity index is 1210. The number of amides is 1. The lowest BCUT2D eigenvalue weighted by Crippen LogP contribution is -2.30. The van der Waals surface area contributed by atoms with Gasteiger partial charge in [0.05, 0.1) is 15.5 Å². The number of nitrogens with zero attached hydrogens (tertiary/aromatic N) is 3. The molecular weight excluding hydrogens is 406 g/mol. The maximum Gasteiger partial charge on any atom is 0.270 e. The molecule has 0 N–H and O–H groups in total. The van der Waals surface area contributed by atoms with Crippen molar-refractivity contribution in [1.82, 2.24) is 4.98 Å². The Morgan fingerprint density at radius 2 is 2.00 bits per heavy atom. The molecule has 0 bridgehead atoms. The molecule has 2 aromatic carbocycles. The minimum atomic E-state index is -0.441. The van der Waals surface area contributed by atoms with Crippen molar-refractivity contribution in [2.45, 2.75) is 0 Å². The normalized spacial score (nSPS) is 10.8. The third-order valence-corrected chi connectivity index (χ3v) is 6.24. The van der Waals surface area contributed by atoms with Gasteiger partial charge in [0.1, 0.15) is 0 Å². The van der Waals surface area contributed by atoms with E-state index in [1.165, 1.54) is 34.8 Å². The van der Waals surface area contributed by atoms with Crippen molar-refractivity contribution in [2.24, 2.45) is 0 Å². The highest BCUT2D eigenvalue weighted by Crippen LogP contribution is 2.32. The van der Waals surface area contributed by atoms with E-state index in [1.807, 2.05) is 35.7 Å². The van der Waals surface area contributed by atoms with Crippen molar-refractivity contribution in [2.75, 3.05) is 11.4 Å². The number of thiazole rings is 1. The molecule has 0 unspecified atom stereocenters. The number of anilines is 1. The number of rotatable bonds is 6. The summed E-state index contributed by atoms with van der Waals surface area (Å²) in [6.07, 6.45) is 1.65. The van der Waals surface area contributed by atoms with Gasteiger partial charge in [-0.1, -0.05) is 36.4 Å². The lowest BCUT2D eigenvalue weighted by Gasteiger charge is -2.16. The molecule has 0 saturated carbocycles. The van der Waals surface area contributed by atoms with Crippen LogP contribution in [0.3, 0.4) is 0 Å². The van der Waals surface area contributed by atoms with E-state index in [1.54, 1.807) is 23.1 Å². The Hall–Kier alpha value is -3.36. The molecule has 6 nitrogen and oxygen atoms in total. The van der Waals surface area contributed by atoms with E-state index < -0.39 is 4.92 Å². The molecular formula is C21H15N3O3S2. The van der Waals surface area contributed by atoms with E-state index in [2.05, 4.69) is 11.6 Å². The van der Waals surface area contributed by atoms with Crippen LogP contribution in [-0.4, -0.2) is 22.4 Å². The van der Waals surface area contributed by atoms with E-state index in [0.29, 0.717) is 21.9 Å². The number of aromatic nitrogens is 1. The fraction of sp³-hybridized carbons (Fsp3) is 0.0476. The lowest BCUT2D eigenvalue weighted by molar-refractivity contribution is -0.384. The molecule has 8 heteroatoms. The number of carbonyl (C=O) groups is 1. The van der Waals surface area contributed by atoms with Crippen LogP contribution in [0.4, 0.5) is 10.8 Å². The van der Waals surface area contributed by atoms with Gasteiger partial charge in [-0.15, -0.1) is 29.3 Å². The quantitative estimate of drug-likeness (QED) is 0.225. The first kappa shape index (κ1) is 19.0. The average molecular weight is 422 g/mol. The molecule has 0 atom stereocenters. The summed E-state index contributed by atoms with van der Waals surface area (Å²) in [5.41, 5.74) is 1.79. The van der Waals surface area contributed by atoms with Gasteiger partial charge in [0, 0.05) is 39.7 Å². The highest BCUT2D eigenvalue weighted by atomic mass is 32.1. The SMILES string of the molecule is C=CCN(C(=O)c1cc2cc([N+](=O)[O-])ccc2s1)c1nc(-c2ccccc2)cs1. The Morgan fingerprint density at radius 1 is 1.21 bits per heavy atom. The number of nitro groups is 1. The van der Waals surface area contributed by atoms with Crippen LogP contribution in [0.2, 0.25) is 0 Å². The van der Waals surface area contributed by atoms with Crippen LogP contribution in [-0.2, 0) is 0 Å². The van der Waals surface area contributed by atoms with Crippen LogP contribution >= 0.6 is 22.7 Å². The second-order valence-electron chi connectivity index (χ2n) is 6.18. The highest BCUT2D eigenvalue weighted by Gasteiger charge is 2.22. The number of non-ortho nitro benzene ring substituents is 1. The Balaban J connectivity index is 1.67. The zero-order valence-electron chi connectivity index (χ0n) is 15.1. The van der Waals surface area contributed by atoms with E-state index in [9.17, 15) is 14.9 Å². The molecule has 0 saturated heterocycles. The van der Waals surface area contributed by atoms with Crippen molar-refractivity contribution in [3.63, 3.8) is 0 Å². The van der Waals surface area contributed by atoms with Crippen molar-refractivity contribution < 1.29 is 9.72 Å². The van der Waals surface area contributed by atoms with Gasteiger partial charge in [0.25, 0.3) is 11.6 Å². The van der Waals surface area contributed by atoms with Crippen LogP contribution in [0.1, 0.15) is 9.67 Å². The highest BCUT2D eigenvalue weighted by molar-refractivity contribution is 7.21. The molecule has 0 radical (unpaired) electrons. The van der Waals surface area contributed by atoms with E-state index >= 15 is 0 Å². The first-order valence-electron chi connectivity index (χ1n) is 8.68. The number of benzene rings is 2. The number of thiophene rings is 1. The summed E-state index contributed by atoms with van der Waals surface area (Å²) in [4.78, 5) is 30.4. The zero-order chi connectivity index (χ0) is 20.4. The summed E-state index contributed by atoms with van der Waals surface area (Å²) in [5, 5.41) is 14.2. The maximum absolute atomic E-state index is 13.2. The molecule has 29 heavy (non-hydrogen) atoms. The fourth-order valence-corrected chi connectivity index (χ4v) is 4.72. The Kier molecular flexibility index (Phi) is 5.20. The molecule has 2 aromatic heterocycles. The third kappa shape index (κ3) is 3.80. The smallest absolute Gasteiger partial charge is 0.270 e. The van der Waals surface area contributed by atoms with Gasteiger partial charge in [-0.25, -0.2) is 4.98 Å². The number of fused-ring (bicyclic) bond motifs is 1. The lowest BCUT2D eigenvalue weighted by atomic mass is 10.2. The summed E-state index contributed by atoms with van der Waals surface area (Å²) in [6.45, 7) is 4.07. The molecule has 4 rings (SSSR count). The molecule has 1 amide bonds. The van der Waals surface area contributed by atoms with Gasteiger partial charge in [0.15, 0.2) is 5.13 Å². The summed E-state index contributed by atoms with van der Waals surface area (Å²) in [6, 6.07) is 16.1. The summed E-state index contributed by atoms with van der Waals surface area (Å²) < 4.78 is 0.821. The van der Waals surface area contributed by atoms with Crippen molar-refractivity contribution in [3.05, 3.63) is 87.6 Å². The number of carbonyl (C=O) groups excluding carboxylic acids is 1. The first-order chi connectivity index (χ1) is 14.1. The number of hydrogen-bond donors (Lipinski definition) is 0. The van der Waals surface area contributed by atoms with E-state index in [-0.39, 0.29) is 11.6 Å². The van der Waals surface area contributed by atoms with Crippen molar-refractivity contribution in [3.8, 4) is 11.3 Å². The molecule has 0 aliphatic carbocycles. The van der Waals surface area contributed by atoms with Gasteiger partial charge in [-0.05, 0) is 12.1 Å². The summed E-state index contributed by atoms with van der Waals surface area (Å²) in [5.74, 6) is -0.206. The second kappa shape index (κ2) is 7.94. The molecule has 144 valence electrons. The van der Waals surface area contributed by atoms with E-state index in [4.69, 9.17) is 0 Å². The third-order valence-electron chi connectivity index (χ3n) is 4.27. The standard InChI is InChI=1S/C21H15N3O3S2/c1-2-10-23(21-22-17(13-28-21)14-6-4-3-5-7-14)20(25)19-12-15-11-16(24(26)27)8-9-18(15)29-19/h2-9,11-13H,1,10H2. The van der Waals surface area contributed by atoms with Crippen molar-refractivity contribution in [1.29, 1.82) is 0 Å². The summed E-state index contributed by atoms with van der Waals surface area (Å²) in [7, 11) is 0. The molecule has 0 spiro atoms. The monoisotopic (exact) mass is 421 g/mol. The van der Waals surface area contributed by atoms with Crippen molar-refractivity contribution >= 4 is 49.5 Å². The van der Waals surface area contributed by atoms with Crippen LogP contribution in [0, 0.1) is 10.1 Å². The topological polar surface area (TPSA) is 76.3 Å². The zero-order valence-corrected chi connectivity index (χ0v) is 16.8. The predicted octanol–water partition coefficient (Wildman–Crippen LogP) is 5.77. The second-order valence-corrected chi connectivity index (χ2v) is 8.10. The van der Waals surface area contributed by atoms with Crippen LogP contribution in [0.5, 0.6) is 0 Å². The Morgan fingerprint density at radius 3 is 2.72 bits per heavy atom. The van der Waals surface area contributed by atoms with E-state index in [0.717, 1.165) is 16.0 Å². The molecule has 0 fully saturated rings. The van der Waals surface area contributed by atoms with Crippen LogP contribution in [0.25, 0.3) is 21.3 Å².